The number of rotatable bonds is 5. The zero-order valence-corrected chi connectivity index (χ0v) is 13.9. The van der Waals surface area contributed by atoms with Gasteiger partial charge in [0, 0.05) is 12.1 Å². The van der Waals surface area contributed by atoms with Gasteiger partial charge in [-0.3, -0.25) is 0 Å². The summed E-state index contributed by atoms with van der Waals surface area (Å²) in [6.45, 7) is 11.1. The van der Waals surface area contributed by atoms with Gasteiger partial charge in [0.2, 0.25) is 0 Å². The fourth-order valence-corrected chi connectivity index (χ4v) is 3.68. The molecule has 2 heterocycles. The molecule has 0 radical (unpaired) electrons. The summed E-state index contributed by atoms with van der Waals surface area (Å²) >= 11 is 0. The van der Waals surface area contributed by atoms with Gasteiger partial charge in [0.15, 0.2) is 0 Å². The van der Waals surface area contributed by atoms with Crippen LogP contribution >= 0.6 is 0 Å². The highest BCUT2D eigenvalue weighted by molar-refractivity contribution is 4.77. The van der Waals surface area contributed by atoms with E-state index in [2.05, 4.69) is 36.0 Å². The highest BCUT2D eigenvalue weighted by Crippen LogP contribution is 2.19. The third-order valence-corrected chi connectivity index (χ3v) is 5.32. The maximum absolute atomic E-state index is 3.84. The SMILES string of the molecule is CC(C)N1CCCC(NCCC2CCN(C)CC2)CC1. The topological polar surface area (TPSA) is 18.5 Å². The Bertz CT molecular complexity index is 259. The van der Waals surface area contributed by atoms with Crippen LogP contribution in [0.1, 0.15) is 52.4 Å². The number of hydrogen-bond donors (Lipinski definition) is 1. The molecule has 118 valence electrons. The Morgan fingerprint density at radius 1 is 1.00 bits per heavy atom. The fraction of sp³-hybridized carbons (Fsp3) is 1.00. The first-order valence-corrected chi connectivity index (χ1v) is 8.81. The van der Waals surface area contributed by atoms with Crippen LogP contribution in [0.25, 0.3) is 0 Å². The molecule has 0 amide bonds. The highest BCUT2D eigenvalue weighted by Gasteiger charge is 2.19. The van der Waals surface area contributed by atoms with Crippen LogP contribution in [-0.4, -0.2) is 61.7 Å². The molecule has 1 N–H and O–H groups in total. The predicted octanol–water partition coefficient (Wildman–Crippen LogP) is 2.57. The number of nitrogens with one attached hydrogen (secondary N) is 1. The Kier molecular flexibility index (Phi) is 6.79. The molecule has 0 aromatic carbocycles. The number of piperidine rings is 1. The van der Waals surface area contributed by atoms with Crippen LogP contribution < -0.4 is 5.32 Å². The van der Waals surface area contributed by atoms with Crippen molar-refractivity contribution in [3.05, 3.63) is 0 Å². The Labute approximate surface area is 126 Å². The minimum absolute atomic E-state index is 0.716. The molecule has 0 bridgehead atoms. The third kappa shape index (κ3) is 5.34. The van der Waals surface area contributed by atoms with Crippen molar-refractivity contribution in [1.29, 1.82) is 0 Å². The minimum atomic E-state index is 0.716. The maximum Gasteiger partial charge on any atom is 0.00797 e. The lowest BCUT2D eigenvalue weighted by molar-refractivity contribution is 0.209. The average Bonchev–Trinajstić information content (AvgIpc) is 2.67. The van der Waals surface area contributed by atoms with E-state index in [4.69, 9.17) is 0 Å². The molecule has 0 aliphatic carbocycles. The van der Waals surface area contributed by atoms with Gasteiger partial charge in [-0.1, -0.05) is 0 Å². The van der Waals surface area contributed by atoms with Crippen molar-refractivity contribution in [3.8, 4) is 0 Å². The molecule has 0 aromatic rings. The lowest BCUT2D eigenvalue weighted by atomic mass is 9.93. The second kappa shape index (κ2) is 8.35. The first kappa shape index (κ1) is 16.3. The summed E-state index contributed by atoms with van der Waals surface area (Å²) in [6, 6.07) is 1.48. The summed E-state index contributed by atoms with van der Waals surface area (Å²) in [4.78, 5) is 5.11. The van der Waals surface area contributed by atoms with Crippen molar-refractivity contribution in [1.82, 2.24) is 15.1 Å². The van der Waals surface area contributed by atoms with Crippen LogP contribution in [0.4, 0.5) is 0 Å². The van der Waals surface area contributed by atoms with Gasteiger partial charge in [-0.25, -0.2) is 0 Å². The molecule has 2 aliphatic heterocycles. The Morgan fingerprint density at radius 2 is 1.75 bits per heavy atom. The lowest BCUT2D eigenvalue weighted by Gasteiger charge is -2.29. The van der Waals surface area contributed by atoms with Gasteiger partial charge in [0.1, 0.15) is 0 Å². The van der Waals surface area contributed by atoms with Crippen LogP contribution in [0.5, 0.6) is 0 Å². The smallest absolute Gasteiger partial charge is 0.00797 e. The van der Waals surface area contributed by atoms with Gasteiger partial charge in [-0.15, -0.1) is 0 Å². The van der Waals surface area contributed by atoms with Crippen molar-refractivity contribution < 1.29 is 0 Å². The zero-order valence-electron chi connectivity index (χ0n) is 13.9. The van der Waals surface area contributed by atoms with Crippen molar-refractivity contribution in [3.63, 3.8) is 0 Å². The van der Waals surface area contributed by atoms with Crippen LogP contribution in [0.15, 0.2) is 0 Å². The Morgan fingerprint density at radius 3 is 2.45 bits per heavy atom. The average molecular weight is 281 g/mol. The van der Waals surface area contributed by atoms with Crippen molar-refractivity contribution in [2.75, 3.05) is 39.8 Å². The van der Waals surface area contributed by atoms with Crippen molar-refractivity contribution in [2.45, 2.75) is 64.5 Å². The Hall–Kier alpha value is -0.120. The summed E-state index contributed by atoms with van der Waals surface area (Å²) in [6.07, 6.45) is 8.28. The van der Waals surface area contributed by atoms with Gasteiger partial charge in [0.05, 0.1) is 0 Å². The normalized spacial score (nSPS) is 27.9. The Balaban J connectivity index is 1.59. The monoisotopic (exact) mass is 281 g/mol. The molecule has 2 rings (SSSR count). The maximum atomic E-state index is 3.84. The van der Waals surface area contributed by atoms with Crippen LogP contribution in [-0.2, 0) is 0 Å². The summed E-state index contributed by atoms with van der Waals surface area (Å²) in [5.74, 6) is 0.969. The molecule has 0 spiro atoms. The van der Waals surface area contributed by atoms with Gasteiger partial charge >= 0.3 is 0 Å². The molecule has 0 aromatic heterocycles. The third-order valence-electron chi connectivity index (χ3n) is 5.32. The molecule has 0 saturated carbocycles. The summed E-state index contributed by atoms with van der Waals surface area (Å²) < 4.78 is 0. The lowest BCUT2D eigenvalue weighted by Crippen LogP contribution is -2.35. The fourth-order valence-electron chi connectivity index (χ4n) is 3.68. The molecule has 2 fully saturated rings. The van der Waals surface area contributed by atoms with Gasteiger partial charge in [0.25, 0.3) is 0 Å². The second-order valence-corrected chi connectivity index (χ2v) is 7.25. The standard InChI is InChI=1S/C17H35N3/c1-15(2)20-11-4-5-17(9-14-20)18-10-6-16-7-12-19(3)13-8-16/h15-18H,4-14H2,1-3H3. The molecule has 1 unspecified atom stereocenters. The molecule has 2 saturated heterocycles. The molecule has 3 heteroatoms. The van der Waals surface area contributed by atoms with E-state index >= 15 is 0 Å². The van der Waals surface area contributed by atoms with Gasteiger partial charge in [-0.05, 0) is 98.1 Å². The summed E-state index contributed by atoms with van der Waals surface area (Å²) in [5.41, 5.74) is 0. The van der Waals surface area contributed by atoms with Crippen molar-refractivity contribution in [2.24, 2.45) is 5.92 Å². The van der Waals surface area contributed by atoms with Crippen LogP contribution in [0.2, 0.25) is 0 Å². The van der Waals surface area contributed by atoms with Gasteiger partial charge in [-0.2, -0.15) is 0 Å². The first-order valence-electron chi connectivity index (χ1n) is 8.81. The van der Waals surface area contributed by atoms with Crippen LogP contribution in [0.3, 0.4) is 0 Å². The number of hydrogen-bond acceptors (Lipinski definition) is 3. The van der Waals surface area contributed by atoms with E-state index in [9.17, 15) is 0 Å². The van der Waals surface area contributed by atoms with E-state index in [1.54, 1.807) is 0 Å². The van der Waals surface area contributed by atoms with Crippen LogP contribution in [0, 0.1) is 5.92 Å². The molecule has 20 heavy (non-hydrogen) atoms. The molecule has 3 nitrogen and oxygen atoms in total. The number of nitrogens with zero attached hydrogens (tertiary/aromatic N) is 2. The van der Waals surface area contributed by atoms with E-state index in [-0.39, 0.29) is 0 Å². The van der Waals surface area contributed by atoms with Gasteiger partial charge < -0.3 is 15.1 Å². The molecule has 2 aliphatic rings. The van der Waals surface area contributed by atoms with E-state index in [1.165, 1.54) is 71.2 Å². The van der Waals surface area contributed by atoms with E-state index < -0.39 is 0 Å². The second-order valence-electron chi connectivity index (χ2n) is 7.25. The first-order chi connectivity index (χ1) is 9.65. The summed E-state index contributed by atoms with van der Waals surface area (Å²) in [5, 5.41) is 3.84. The van der Waals surface area contributed by atoms with E-state index in [1.807, 2.05) is 0 Å². The summed E-state index contributed by atoms with van der Waals surface area (Å²) in [7, 11) is 2.25. The number of likely N-dealkylation sites (tertiary alicyclic amines) is 2. The molecular formula is C17H35N3. The largest absolute Gasteiger partial charge is 0.314 e. The molecular weight excluding hydrogens is 246 g/mol. The highest BCUT2D eigenvalue weighted by atomic mass is 15.1. The van der Waals surface area contributed by atoms with Crippen molar-refractivity contribution >= 4 is 0 Å². The van der Waals surface area contributed by atoms with E-state index in [0.717, 1.165) is 12.0 Å². The molecule has 1 atom stereocenters. The minimum Gasteiger partial charge on any atom is -0.314 e. The zero-order chi connectivity index (χ0) is 14.4. The predicted molar refractivity (Wildman–Crippen MR) is 87.2 cm³/mol. The quantitative estimate of drug-likeness (QED) is 0.835. The van der Waals surface area contributed by atoms with E-state index in [0.29, 0.717) is 6.04 Å².